The fourth-order valence-electron chi connectivity index (χ4n) is 4.47. The van der Waals surface area contributed by atoms with Crippen molar-refractivity contribution in [2.45, 2.75) is 83.0 Å². The molecule has 150 valence electrons. The third kappa shape index (κ3) is 4.55. The first kappa shape index (κ1) is 19.9. The quantitative estimate of drug-likeness (QED) is 0.739. The Kier molecular flexibility index (Phi) is 5.95. The van der Waals surface area contributed by atoms with Gasteiger partial charge in [0.25, 0.3) is 0 Å². The molecule has 0 aromatic carbocycles. The minimum Gasteiger partial charge on any atom is -0.444 e. The molecule has 0 aromatic rings. The van der Waals surface area contributed by atoms with E-state index < -0.39 is 17.7 Å². The second-order valence-electron chi connectivity index (χ2n) is 8.95. The van der Waals surface area contributed by atoms with Gasteiger partial charge in [0.1, 0.15) is 17.7 Å². The molecule has 0 unspecified atom stereocenters. The van der Waals surface area contributed by atoms with Crippen molar-refractivity contribution in [2.24, 2.45) is 0 Å². The van der Waals surface area contributed by atoms with Crippen LogP contribution in [0.15, 0.2) is 0 Å². The summed E-state index contributed by atoms with van der Waals surface area (Å²) in [7, 11) is 0. The molecule has 3 aliphatic rings. The van der Waals surface area contributed by atoms with Crippen LogP contribution in [0.2, 0.25) is 0 Å². The molecular formula is C20H32N4O3. The predicted molar refractivity (Wildman–Crippen MR) is 101 cm³/mol. The van der Waals surface area contributed by atoms with Crippen LogP contribution in [0.1, 0.15) is 59.3 Å². The fraction of sp³-hybridized carbons (Fsp3) is 0.850. The lowest BCUT2D eigenvalue weighted by Crippen LogP contribution is -2.50. The zero-order valence-corrected chi connectivity index (χ0v) is 16.8. The lowest BCUT2D eigenvalue weighted by Gasteiger charge is -2.32. The van der Waals surface area contributed by atoms with Crippen LogP contribution in [0, 0.1) is 11.3 Å². The molecule has 0 radical (unpaired) electrons. The number of carbonyl (C=O) groups excluding carboxylic acids is 2. The Balaban J connectivity index is 1.77. The van der Waals surface area contributed by atoms with Gasteiger partial charge < -0.3 is 9.64 Å². The maximum Gasteiger partial charge on any atom is 0.411 e. The minimum absolute atomic E-state index is 0.0931. The first-order valence-corrected chi connectivity index (χ1v) is 10.2. The van der Waals surface area contributed by atoms with Crippen LogP contribution in [-0.4, -0.2) is 76.6 Å². The van der Waals surface area contributed by atoms with Crippen LogP contribution in [-0.2, 0) is 9.53 Å². The number of amides is 2. The van der Waals surface area contributed by atoms with E-state index in [1.54, 1.807) is 9.80 Å². The summed E-state index contributed by atoms with van der Waals surface area (Å²) < 4.78 is 5.59. The molecule has 7 nitrogen and oxygen atoms in total. The van der Waals surface area contributed by atoms with Crippen molar-refractivity contribution >= 4 is 12.0 Å². The number of hydrogen-bond acceptors (Lipinski definition) is 5. The summed E-state index contributed by atoms with van der Waals surface area (Å²) in [6, 6.07) is 1.53. The van der Waals surface area contributed by atoms with Crippen LogP contribution < -0.4 is 0 Å². The van der Waals surface area contributed by atoms with E-state index in [4.69, 9.17) is 4.74 Å². The minimum atomic E-state index is -0.600. The van der Waals surface area contributed by atoms with Gasteiger partial charge in [0.05, 0.1) is 6.07 Å². The van der Waals surface area contributed by atoms with Crippen LogP contribution in [0.25, 0.3) is 0 Å². The molecule has 0 N–H and O–H groups in total. The fourth-order valence-corrected chi connectivity index (χ4v) is 4.47. The number of nitrogens with zero attached hydrogens (tertiary/aromatic N) is 4. The smallest absolute Gasteiger partial charge is 0.411 e. The largest absolute Gasteiger partial charge is 0.444 e. The highest BCUT2D eigenvalue weighted by atomic mass is 16.6. The number of carbonyl (C=O) groups is 2. The SMILES string of the molecule is CC(C)(C)OC(=O)N1C[C@@H](N2CCCCC2)C[C@H]1C(=O)N1CCC[C@H]1C#N. The number of piperidine rings is 1. The summed E-state index contributed by atoms with van der Waals surface area (Å²) in [5.74, 6) is -0.0931. The second kappa shape index (κ2) is 8.05. The number of hydrogen-bond donors (Lipinski definition) is 0. The topological polar surface area (TPSA) is 76.9 Å². The predicted octanol–water partition coefficient (Wildman–Crippen LogP) is 2.36. The molecular weight excluding hydrogens is 344 g/mol. The summed E-state index contributed by atoms with van der Waals surface area (Å²) in [5.41, 5.74) is -0.600. The first-order valence-electron chi connectivity index (χ1n) is 10.2. The first-order chi connectivity index (χ1) is 12.8. The lowest BCUT2D eigenvalue weighted by molar-refractivity contribution is -0.135. The molecule has 3 fully saturated rings. The third-order valence-corrected chi connectivity index (χ3v) is 5.78. The monoisotopic (exact) mass is 376 g/mol. The summed E-state index contributed by atoms with van der Waals surface area (Å²) in [6.07, 6.45) is 5.36. The van der Waals surface area contributed by atoms with Gasteiger partial charge in [0.2, 0.25) is 5.91 Å². The number of ether oxygens (including phenoxy) is 1. The van der Waals surface area contributed by atoms with E-state index in [0.717, 1.165) is 25.9 Å². The van der Waals surface area contributed by atoms with E-state index in [1.165, 1.54) is 19.3 Å². The van der Waals surface area contributed by atoms with Crippen LogP contribution >= 0.6 is 0 Å². The van der Waals surface area contributed by atoms with Gasteiger partial charge in [-0.15, -0.1) is 0 Å². The van der Waals surface area contributed by atoms with Gasteiger partial charge in [0.15, 0.2) is 0 Å². The van der Waals surface area contributed by atoms with Gasteiger partial charge in [-0.05, 0) is 66.0 Å². The van der Waals surface area contributed by atoms with Crippen LogP contribution in [0.5, 0.6) is 0 Å². The van der Waals surface area contributed by atoms with Crippen molar-refractivity contribution < 1.29 is 14.3 Å². The second-order valence-corrected chi connectivity index (χ2v) is 8.95. The van der Waals surface area contributed by atoms with Crippen molar-refractivity contribution in [1.29, 1.82) is 5.26 Å². The van der Waals surface area contributed by atoms with Crippen molar-refractivity contribution in [1.82, 2.24) is 14.7 Å². The zero-order chi connectivity index (χ0) is 19.6. The Hall–Kier alpha value is -1.81. The zero-order valence-electron chi connectivity index (χ0n) is 16.8. The highest BCUT2D eigenvalue weighted by Crippen LogP contribution is 2.30. The Labute approximate surface area is 162 Å². The van der Waals surface area contributed by atoms with Crippen LogP contribution in [0.3, 0.4) is 0 Å². The normalized spacial score (nSPS) is 29.6. The molecule has 3 rings (SSSR count). The summed E-state index contributed by atoms with van der Waals surface area (Å²) in [5, 5.41) is 9.35. The van der Waals surface area contributed by atoms with E-state index in [0.29, 0.717) is 19.5 Å². The van der Waals surface area contributed by atoms with E-state index in [-0.39, 0.29) is 18.0 Å². The van der Waals surface area contributed by atoms with E-state index >= 15 is 0 Å². The molecule has 0 bridgehead atoms. The van der Waals surface area contributed by atoms with Crippen molar-refractivity contribution in [3.05, 3.63) is 0 Å². The maximum atomic E-state index is 13.2. The van der Waals surface area contributed by atoms with Crippen LogP contribution in [0.4, 0.5) is 4.79 Å². The Morgan fingerprint density at radius 3 is 2.37 bits per heavy atom. The van der Waals surface area contributed by atoms with Gasteiger partial charge in [0, 0.05) is 19.1 Å². The van der Waals surface area contributed by atoms with Crippen molar-refractivity contribution in [2.75, 3.05) is 26.2 Å². The number of rotatable bonds is 2. The number of nitriles is 1. The standard InChI is InChI=1S/C20H32N4O3/c1-20(2,3)27-19(26)24-14-16(22-9-5-4-6-10-22)12-17(24)18(25)23-11-7-8-15(23)13-21/h15-17H,4-12,14H2,1-3H3/t15-,16-,17-/m0/s1. The molecule has 3 saturated heterocycles. The number of likely N-dealkylation sites (tertiary alicyclic amines) is 3. The maximum absolute atomic E-state index is 13.2. The summed E-state index contributed by atoms with van der Waals surface area (Å²) in [4.78, 5) is 31.7. The van der Waals surface area contributed by atoms with E-state index in [9.17, 15) is 14.9 Å². The Morgan fingerprint density at radius 2 is 1.74 bits per heavy atom. The summed E-state index contributed by atoms with van der Waals surface area (Å²) >= 11 is 0. The third-order valence-electron chi connectivity index (χ3n) is 5.78. The van der Waals surface area contributed by atoms with Gasteiger partial charge in [-0.1, -0.05) is 6.42 Å². The molecule has 2 amide bonds. The molecule has 0 aromatic heterocycles. The molecule has 3 atom stereocenters. The molecule has 0 saturated carbocycles. The Morgan fingerprint density at radius 1 is 1.04 bits per heavy atom. The average molecular weight is 377 g/mol. The van der Waals surface area contributed by atoms with Gasteiger partial charge in [-0.3, -0.25) is 14.6 Å². The lowest BCUT2D eigenvalue weighted by atomic mass is 10.1. The molecule has 0 aliphatic carbocycles. The molecule has 3 aliphatic heterocycles. The van der Waals surface area contributed by atoms with Gasteiger partial charge in [-0.2, -0.15) is 5.26 Å². The summed E-state index contributed by atoms with van der Waals surface area (Å²) in [6.45, 7) is 8.70. The van der Waals surface area contributed by atoms with Crippen molar-refractivity contribution in [3.8, 4) is 6.07 Å². The van der Waals surface area contributed by atoms with Crippen molar-refractivity contribution in [3.63, 3.8) is 0 Å². The highest BCUT2D eigenvalue weighted by molar-refractivity contribution is 5.87. The van der Waals surface area contributed by atoms with Gasteiger partial charge in [-0.25, -0.2) is 4.79 Å². The highest BCUT2D eigenvalue weighted by Gasteiger charge is 2.46. The average Bonchev–Trinajstić information content (AvgIpc) is 3.27. The van der Waals surface area contributed by atoms with E-state index in [1.807, 2.05) is 20.8 Å². The molecule has 0 spiro atoms. The molecule has 7 heteroatoms. The molecule has 3 heterocycles. The van der Waals surface area contributed by atoms with E-state index in [2.05, 4.69) is 11.0 Å². The Bertz CT molecular complexity index is 603. The van der Waals surface area contributed by atoms with Gasteiger partial charge >= 0.3 is 6.09 Å². The molecule has 27 heavy (non-hydrogen) atoms.